The van der Waals surface area contributed by atoms with Crippen LogP contribution in [0.5, 0.6) is 11.5 Å². The van der Waals surface area contributed by atoms with Crippen molar-refractivity contribution < 1.29 is 83.2 Å². The van der Waals surface area contributed by atoms with Crippen molar-refractivity contribution in [2.45, 2.75) is 138 Å². The maximum Gasteiger partial charge on any atom is 0.251 e. The second-order valence-electron chi connectivity index (χ2n) is 14.3. The van der Waals surface area contributed by atoms with Crippen LogP contribution in [0.25, 0.3) is 0 Å². The van der Waals surface area contributed by atoms with Crippen molar-refractivity contribution in [3.05, 3.63) is 23.8 Å². The zero-order valence-electron chi connectivity index (χ0n) is 30.6. The van der Waals surface area contributed by atoms with Gasteiger partial charge in [-0.25, -0.2) is 0 Å². The van der Waals surface area contributed by atoms with E-state index in [2.05, 4.69) is 5.32 Å². The fourth-order valence-electron chi connectivity index (χ4n) is 7.50. The van der Waals surface area contributed by atoms with E-state index >= 15 is 0 Å². The second kappa shape index (κ2) is 19.4. The fourth-order valence-corrected chi connectivity index (χ4v) is 7.50. The molecule has 5 rings (SSSR count). The third kappa shape index (κ3) is 9.98. The summed E-state index contributed by atoms with van der Waals surface area (Å²) in [7, 11) is 2.89. The van der Waals surface area contributed by atoms with Crippen molar-refractivity contribution in [3.63, 3.8) is 0 Å². The average molecular weight is 773 g/mol. The highest BCUT2D eigenvalue weighted by atomic mass is 16.7. The number of nitrogens with one attached hydrogen (secondary N) is 1. The third-order valence-corrected chi connectivity index (χ3v) is 10.7. The molecule has 0 aromatic heterocycles. The van der Waals surface area contributed by atoms with Crippen LogP contribution in [0.1, 0.15) is 62.2 Å². The topological polar surface area (TPSA) is 264 Å². The molecule has 7 N–H and O–H groups in total. The number of amides is 1. The Hall–Kier alpha value is -2.72. The highest BCUT2D eigenvalue weighted by Crippen LogP contribution is 2.34. The van der Waals surface area contributed by atoms with Crippen molar-refractivity contribution in [1.29, 1.82) is 0 Å². The number of aliphatic hydroxyl groups is 6. The van der Waals surface area contributed by atoms with Crippen molar-refractivity contribution >= 4 is 11.9 Å². The van der Waals surface area contributed by atoms with Crippen LogP contribution in [0.4, 0.5) is 0 Å². The number of rotatable bonds is 15. The number of aliphatic carboxylic acids is 1. The Morgan fingerprint density at radius 1 is 0.852 bits per heavy atom. The van der Waals surface area contributed by atoms with E-state index < -0.39 is 104 Å². The molecule has 14 unspecified atom stereocenters. The molecule has 3 aliphatic heterocycles. The molecule has 0 bridgehead atoms. The number of hydrogen-bond donors (Lipinski definition) is 7. The first-order valence-electron chi connectivity index (χ1n) is 18.5. The zero-order chi connectivity index (χ0) is 39.1. The lowest BCUT2D eigenvalue weighted by Crippen LogP contribution is -2.64. The SMILES string of the molecule is COc1ccc(C(=O)NCC2OCCC(OC3OC(CO)C(O)C(OC(CC4CCCCC4)C(=O)[O-])C3O)C2OC2OC(C)C(O)C(O)C2O)cc1OC. The van der Waals surface area contributed by atoms with E-state index in [1.54, 1.807) is 6.07 Å². The number of benzene rings is 1. The van der Waals surface area contributed by atoms with Gasteiger partial charge >= 0.3 is 0 Å². The van der Waals surface area contributed by atoms with Crippen LogP contribution in [0.3, 0.4) is 0 Å². The predicted molar refractivity (Wildman–Crippen MR) is 181 cm³/mol. The molecule has 0 spiro atoms. The van der Waals surface area contributed by atoms with Gasteiger partial charge in [-0.1, -0.05) is 32.1 Å². The van der Waals surface area contributed by atoms with Gasteiger partial charge < -0.3 is 83.8 Å². The molecule has 4 fully saturated rings. The van der Waals surface area contributed by atoms with Crippen molar-refractivity contribution in [3.8, 4) is 11.5 Å². The van der Waals surface area contributed by atoms with E-state index in [0.717, 1.165) is 32.1 Å². The fraction of sp³-hybridized carbons (Fsp3) is 0.778. The summed E-state index contributed by atoms with van der Waals surface area (Å²) in [6, 6.07) is 4.59. The zero-order valence-corrected chi connectivity index (χ0v) is 30.6. The molecule has 18 heteroatoms. The Kier molecular flexibility index (Phi) is 15.3. The number of carboxylic acids is 1. The summed E-state index contributed by atoms with van der Waals surface area (Å²) in [6.07, 6.45) is -15.1. The average Bonchev–Trinajstić information content (AvgIpc) is 3.17. The number of hydrogen-bond acceptors (Lipinski definition) is 17. The molecule has 1 amide bonds. The largest absolute Gasteiger partial charge is 0.547 e. The van der Waals surface area contributed by atoms with Gasteiger partial charge in [-0.3, -0.25) is 4.79 Å². The van der Waals surface area contributed by atoms with E-state index in [1.165, 1.54) is 33.3 Å². The van der Waals surface area contributed by atoms with Gasteiger partial charge in [0.05, 0.1) is 45.1 Å². The van der Waals surface area contributed by atoms with Gasteiger partial charge in [0, 0.05) is 18.7 Å². The molecule has 1 aromatic carbocycles. The van der Waals surface area contributed by atoms with Gasteiger partial charge in [-0.15, -0.1) is 0 Å². The molecule has 3 heterocycles. The van der Waals surface area contributed by atoms with Crippen LogP contribution in [0.15, 0.2) is 18.2 Å². The maximum atomic E-state index is 13.2. The van der Waals surface area contributed by atoms with Crippen molar-refractivity contribution in [2.75, 3.05) is 34.0 Å². The number of methoxy groups -OCH3 is 2. The third-order valence-electron chi connectivity index (χ3n) is 10.7. The van der Waals surface area contributed by atoms with Crippen LogP contribution in [-0.2, 0) is 33.2 Å². The molecular weight excluding hydrogens is 718 g/mol. The Labute approximate surface area is 313 Å². The first-order valence-corrected chi connectivity index (χ1v) is 18.5. The van der Waals surface area contributed by atoms with Gasteiger partial charge in [0.2, 0.25) is 0 Å². The highest BCUT2D eigenvalue weighted by Gasteiger charge is 2.51. The Balaban J connectivity index is 1.35. The number of carboxylic acid groups (broad SMARTS) is 1. The monoisotopic (exact) mass is 772 g/mol. The molecule has 1 aliphatic carbocycles. The summed E-state index contributed by atoms with van der Waals surface area (Å²) >= 11 is 0. The highest BCUT2D eigenvalue weighted by molar-refractivity contribution is 5.94. The quantitative estimate of drug-likeness (QED) is 0.0991. The predicted octanol–water partition coefficient (Wildman–Crippen LogP) is -2.27. The smallest absolute Gasteiger partial charge is 0.251 e. The van der Waals surface area contributed by atoms with E-state index in [-0.39, 0.29) is 37.5 Å². The summed E-state index contributed by atoms with van der Waals surface area (Å²) in [5.74, 6) is -1.22. The minimum atomic E-state index is -1.77. The normalized spacial score (nSPS) is 36.9. The molecule has 54 heavy (non-hydrogen) atoms. The summed E-state index contributed by atoms with van der Waals surface area (Å²) in [4.78, 5) is 25.4. The molecule has 4 aliphatic rings. The Morgan fingerprint density at radius 3 is 2.22 bits per heavy atom. The lowest BCUT2D eigenvalue weighted by molar-refractivity contribution is -0.359. The minimum absolute atomic E-state index is 0.0518. The van der Waals surface area contributed by atoms with Crippen molar-refractivity contribution in [1.82, 2.24) is 5.32 Å². The molecule has 1 saturated carbocycles. The van der Waals surface area contributed by atoms with Crippen LogP contribution < -0.4 is 19.9 Å². The number of carbonyl (C=O) groups excluding carboxylic acids is 2. The van der Waals surface area contributed by atoms with E-state index in [1.807, 2.05) is 0 Å². The Bertz CT molecular complexity index is 1360. The first kappa shape index (κ1) is 42.4. The van der Waals surface area contributed by atoms with Gasteiger partial charge in [0.25, 0.3) is 5.91 Å². The van der Waals surface area contributed by atoms with Crippen LogP contribution in [0.2, 0.25) is 0 Å². The maximum absolute atomic E-state index is 13.2. The van der Waals surface area contributed by atoms with E-state index in [9.17, 15) is 45.3 Å². The Morgan fingerprint density at radius 2 is 1.56 bits per heavy atom. The summed E-state index contributed by atoms with van der Waals surface area (Å²) in [5.41, 5.74) is 0.238. The molecular formula is C36H54NO17-. The molecule has 306 valence electrons. The van der Waals surface area contributed by atoms with Gasteiger partial charge in [-0.05, 0) is 43.9 Å². The van der Waals surface area contributed by atoms with E-state index in [0.29, 0.717) is 11.5 Å². The summed E-state index contributed by atoms with van der Waals surface area (Å²) in [6.45, 7) is 0.623. The lowest BCUT2D eigenvalue weighted by atomic mass is 9.85. The lowest BCUT2D eigenvalue weighted by Gasteiger charge is -2.47. The van der Waals surface area contributed by atoms with Gasteiger partial charge in [0.15, 0.2) is 24.1 Å². The van der Waals surface area contributed by atoms with Crippen LogP contribution >= 0.6 is 0 Å². The minimum Gasteiger partial charge on any atom is -0.547 e. The summed E-state index contributed by atoms with van der Waals surface area (Å²) in [5, 5.41) is 79.1. The molecule has 1 aromatic rings. The summed E-state index contributed by atoms with van der Waals surface area (Å²) < 4.78 is 46.3. The number of ether oxygens (including phenoxy) is 8. The molecule has 18 nitrogen and oxygen atoms in total. The molecule has 14 atom stereocenters. The van der Waals surface area contributed by atoms with Gasteiger partial charge in [-0.2, -0.15) is 0 Å². The standard InChI is InChI=1S/C36H55NO17/c1-17-26(39)28(41)29(42)35(50-17)54-31-21(11-12-49-24(31)15-37-33(44)19-9-10-20(47-2)22(14-19)48-3)52-36-30(43)32(27(40)25(16-38)53-36)51-23(34(45)46)13-18-7-5-4-6-8-18/h9-10,14,17-18,21,23-32,35-36,38-43H,4-8,11-13,15-16H2,1-3H3,(H,37,44)(H,45,46)/p-1. The van der Waals surface area contributed by atoms with Crippen LogP contribution in [-0.4, -0.2) is 162 Å². The molecule has 3 saturated heterocycles. The van der Waals surface area contributed by atoms with Gasteiger partial charge in [0.1, 0.15) is 54.9 Å². The second-order valence-corrected chi connectivity index (χ2v) is 14.3. The van der Waals surface area contributed by atoms with Crippen molar-refractivity contribution in [2.24, 2.45) is 5.92 Å². The molecule has 0 radical (unpaired) electrons. The first-order chi connectivity index (χ1) is 25.9. The number of carbonyl (C=O) groups is 2. The van der Waals surface area contributed by atoms with Crippen LogP contribution in [0, 0.1) is 5.92 Å². The number of aliphatic hydroxyl groups excluding tert-OH is 6. The van der Waals surface area contributed by atoms with E-state index in [4.69, 9.17) is 37.9 Å².